The molecule has 0 aliphatic heterocycles. The summed E-state index contributed by atoms with van der Waals surface area (Å²) >= 11 is 0. The first kappa shape index (κ1) is 13.9. The third-order valence-electron chi connectivity index (χ3n) is 4.06. The van der Waals surface area contributed by atoms with E-state index < -0.39 is 0 Å². The van der Waals surface area contributed by atoms with Gasteiger partial charge in [-0.3, -0.25) is 0 Å². The highest BCUT2D eigenvalue weighted by Crippen LogP contribution is 2.18. The zero-order chi connectivity index (χ0) is 14.7. The number of hydrogen-bond donors (Lipinski definition) is 2. The lowest BCUT2D eigenvalue weighted by Crippen LogP contribution is -2.21. The zero-order valence-corrected chi connectivity index (χ0v) is 12.7. The van der Waals surface area contributed by atoms with Gasteiger partial charge >= 0.3 is 0 Å². The molecular weight excluding hydrogens is 256 g/mol. The molecule has 3 aromatic rings. The Hall–Kier alpha value is -2.06. The Labute approximate surface area is 126 Å². The topological polar surface area (TPSA) is 27.8 Å². The number of fused-ring (bicyclic) bond motifs is 1. The Morgan fingerprint density at radius 1 is 1.10 bits per heavy atom. The molecule has 1 unspecified atom stereocenters. The van der Waals surface area contributed by atoms with Crippen LogP contribution < -0.4 is 5.32 Å². The van der Waals surface area contributed by atoms with Crippen molar-refractivity contribution in [2.24, 2.45) is 0 Å². The Balaban J connectivity index is 1.61. The van der Waals surface area contributed by atoms with Crippen molar-refractivity contribution in [3.05, 3.63) is 71.4 Å². The van der Waals surface area contributed by atoms with E-state index in [9.17, 15) is 0 Å². The van der Waals surface area contributed by atoms with Gasteiger partial charge in [0.25, 0.3) is 0 Å². The van der Waals surface area contributed by atoms with Crippen LogP contribution in [0.5, 0.6) is 0 Å². The van der Waals surface area contributed by atoms with Crippen molar-refractivity contribution in [1.82, 2.24) is 10.3 Å². The van der Waals surface area contributed by atoms with Gasteiger partial charge in [-0.1, -0.05) is 48.0 Å². The van der Waals surface area contributed by atoms with Gasteiger partial charge in [-0.15, -0.1) is 0 Å². The molecule has 1 heterocycles. The second-order valence-electron chi connectivity index (χ2n) is 5.70. The molecule has 0 aliphatic carbocycles. The molecule has 21 heavy (non-hydrogen) atoms. The van der Waals surface area contributed by atoms with Crippen LogP contribution in [0.15, 0.2) is 54.7 Å². The highest BCUT2D eigenvalue weighted by molar-refractivity contribution is 5.83. The second-order valence-corrected chi connectivity index (χ2v) is 5.70. The third kappa shape index (κ3) is 3.17. The molecular formula is C19H22N2. The number of hydrogen-bond acceptors (Lipinski definition) is 1. The van der Waals surface area contributed by atoms with Crippen LogP contribution in [0.2, 0.25) is 0 Å². The van der Waals surface area contributed by atoms with Crippen molar-refractivity contribution in [3.63, 3.8) is 0 Å². The molecule has 108 valence electrons. The zero-order valence-electron chi connectivity index (χ0n) is 12.7. The van der Waals surface area contributed by atoms with Crippen LogP contribution in [0.3, 0.4) is 0 Å². The molecule has 1 aromatic heterocycles. The largest absolute Gasteiger partial charge is 0.361 e. The summed E-state index contributed by atoms with van der Waals surface area (Å²) < 4.78 is 0. The maximum absolute atomic E-state index is 3.62. The molecule has 2 heteroatoms. The van der Waals surface area contributed by atoms with Crippen molar-refractivity contribution in [2.45, 2.75) is 26.3 Å². The lowest BCUT2D eigenvalue weighted by Gasteiger charge is -2.14. The number of nitrogens with one attached hydrogen (secondary N) is 2. The summed E-state index contributed by atoms with van der Waals surface area (Å²) in [6.45, 7) is 5.35. The quantitative estimate of drug-likeness (QED) is 0.712. The first-order chi connectivity index (χ1) is 10.2. The standard InChI is InChI=1S/C19H22N2/c1-14-6-5-7-16(12-14)15(2)20-11-10-17-13-21-19-9-4-3-8-18(17)19/h3-9,12-13,15,20-21H,10-11H2,1-2H3. The molecule has 2 aromatic carbocycles. The van der Waals surface area contributed by atoms with E-state index in [0.29, 0.717) is 6.04 Å². The highest BCUT2D eigenvalue weighted by atomic mass is 14.9. The van der Waals surface area contributed by atoms with E-state index in [1.807, 2.05) is 0 Å². The van der Waals surface area contributed by atoms with Gasteiger partial charge < -0.3 is 10.3 Å². The van der Waals surface area contributed by atoms with Crippen molar-refractivity contribution in [1.29, 1.82) is 0 Å². The minimum atomic E-state index is 0.384. The maximum atomic E-state index is 3.62. The number of aromatic nitrogens is 1. The van der Waals surface area contributed by atoms with Crippen molar-refractivity contribution >= 4 is 10.9 Å². The predicted molar refractivity (Wildman–Crippen MR) is 89.6 cm³/mol. The van der Waals surface area contributed by atoms with Crippen LogP contribution in [0.1, 0.15) is 29.7 Å². The van der Waals surface area contributed by atoms with E-state index >= 15 is 0 Å². The van der Waals surface area contributed by atoms with Crippen LogP contribution in [0.25, 0.3) is 10.9 Å². The summed E-state index contributed by atoms with van der Waals surface area (Å²) in [5.41, 5.74) is 5.28. The van der Waals surface area contributed by atoms with Crippen LogP contribution in [-0.2, 0) is 6.42 Å². The number of rotatable bonds is 5. The molecule has 0 radical (unpaired) electrons. The molecule has 1 atom stereocenters. The van der Waals surface area contributed by atoms with Crippen LogP contribution in [-0.4, -0.2) is 11.5 Å². The minimum Gasteiger partial charge on any atom is -0.361 e. The molecule has 3 rings (SSSR count). The normalized spacial score (nSPS) is 12.7. The molecule has 0 spiro atoms. The summed E-state index contributed by atoms with van der Waals surface area (Å²) in [6, 6.07) is 17.6. The number of H-pyrrole nitrogens is 1. The fourth-order valence-electron chi connectivity index (χ4n) is 2.82. The fourth-order valence-corrected chi connectivity index (χ4v) is 2.82. The van der Waals surface area contributed by atoms with Crippen molar-refractivity contribution in [2.75, 3.05) is 6.54 Å². The Bertz CT molecular complexity index is 727. The lowest BCUT2D eigenvalue weighted by atomic mass is 10.1. The second kappa shape index (κ2) is 6.15. The third-order valence-corrected chi connectivity index (χ3v) is 4.06. The fraction of sp³-hybridized carbons (Fsp3) is 0.263. The van der Waals surface area contributed by atoms with E-state index in [0.717, 1.165) is 13.0 Å². The summed E-state index contributed by atoms with van der Waals surface area (Å²) in [5, 5.41) is 4.95. The van der Waals surface area contributed by atoms with Crippen LogP contribution >= 0.6 is 0 Å². The minimum absolute atomic E-state index is 0.384. The van der Waals surface area contributed by atoms with Crippen molar-refractivity contribution in [3.8, 4) is 0 Å². The number of benzene rings is 2. The monoisotopic (exact) mass is 278 g/mol. The van der Waals surface area contributed by atoms with Gasteiger partial charge in [0.15, 0.2) is 0 Å². The van der Waals surface area contributed by atoms with Gasteiger partial charge in [0.05, 0.1) is 0 Å². The average Bonchev–Trinajstić information content (AvgIpc) is 2.91. The first-order valence-corrected chi connectivity index (χ1v) is 7.59. The highest BCUT2D eigenvalue weighted by Gasteiger charge is 2.06. The summed E-state index contributed by atoms with van der Waals surface area (Å²) in [7, 11) is 0. The molecule has 0 amide bonds. The Kier molecular flexibility index (Phi) is 4.07. The van der Waals surface area contributed by atoms with Gasteiger partial charge in [0, 0.05) is 23.1 Å². The summed E-state index contributed by atoms with van der Waals surface area (Å²) in [6.07, 6.45) is 3.17. The van der Waals surface area contributed by atoms with E-state index in [1.54, 1.807) is 0 Å². The molecule has 2 N–H and O–H groups in total. The van der Waals surface area contributed by atoms with Crippen molar-refractivity contribution < 1.29 is 0 Å². The summed E-state index contributed by atoms with van der Waals surface area (Å²) in [4.78, 5) is 3.34. The van der Waals surface area contributed by atoms with E-state index in [-0.39, 0.29) is 0 Å². The SMILES string of the molecule is Cc1cccc(C(C)NCCc2c[nH]c3ccccc23)c1. The van der Waals surface area contributed by atoms with Crippen LogP contribution in [0, 0.1) is 6.92 Å². The molecule has 0 saturated heterocycles. The number of aromatic amines is 1. The number of aryl methyl sites for hydroxylation is 1. The molecule has 0 fully saturated rings. The Morgan fingerprint density at radius 2 is 1.95 bits per heavy atom. The van der Waals surface area contributed by atoms with Gasteiger partial charge in [-0.2, -0.15) is 0 Å². The van der Waals surface area contributed by atoms with Crippen LogP contribution in [0.4, 0.5) is 0 Å². The average molecular weight is 278 g/mol. The maximum Gasteiger partial charge on any atom is 0.0456 e. The lowest BCUT2D eigenvalue weighted by molar-refractivity contribution is 0.577. The van der Waals surface area contributed by atoms with E-state index in [2.05, 4.69) is 78.9 Å². The summed E-state index contributed by atoms with van der Waals surface area (Å²) in [5.74, 6) is 0. The molecule has 0 saturated carbocycles. The number of para-hydroxylation sites is 1. The van der Waals surface area contributed by atoms with Gasteiger partial charge in [0.1, 0.15) is 0 Å². The molecule has 0 aliphatic rings. The van der Waals surface area contributed by atoms with E-state index in [1.165, 1.54) is 27.6 Å². The Morgan fingerprint density at radius 3 is 2.81 bits per heavy atom. The smallest absolute Gasteiger partial charge is 0.0456 e. The molecule has 0 bridgehead atoms. The van der Waals surface area contributed by atoms with Gasteiger partial charge in [-0.05, 0) is 44.0 Å². The van der Waals surface area contributed by atoms with E-state index in [4.69, 9.17) is 0 Å². The van der Waals surface area contributed by atoms with Gasteiger partial charge in [0.2, 0.25) is 0 Å². The van der Waals surface area contributed by atoms with Gasteiger partial charge in [-0.25, -0.2) is 0 Å². The molecule has 2 nitrogen and oxygen atoms in total. The predicted octanol–water partition coefficient (Wildman–Crippen LogP) is 4.37. The first-order valence-electron chi connectivity index (χ1n) is 7.59.